The fourth-order valence-corrected chi connectivity index (χ4v) is 3.69. The van der Waals surface area contributed by atoms with Crippen molar-refractivity contribution < 1.29 is 0 Å². The molecule has 2 aliphatic heterocycles. The van der Waals surface area contributed by atoms with Crippen molar-refractivity contribution in [1.29, 1.82) is 0 Å². The van der Waals surface area contributed by atoms with Gasteiger partial charge in [-0.3, -0.25) is 0 Å². The van der Waals surface area contributed by atoms with Crippen LogP contribution in [-0.2, 0) is 0 Å². The van der Waals surface area contributed by atoms with Crippen molar-refractivity contribution in [2.45, 2.75) is 4.90 Å². The highest BCUT2D eigenvalue weighted by atomic mass is 35.5. The second-order valence-corrected chi connectivity index (χ2v) is 6.50. The minimum atomic E-state index is 0.687. The summed E-state index contributed by atoms with van der Waals surface area (Å²) in [5.74, 6) is 1.58. The van der Waals surface area contributed by atoms with Gasteiger partial charge in [-0.1, -0.05) is 23.2 Å². The highest BCUT2D eigenvalue weighted by molar-refractivity contribution is 7.99. The number of hydrogen-bond donors (Lipinski definition) is 1. The van der Waals surface area contributed by atoms with Crippen molar-refractivity contribution >= 4 is 52.2 Å². The van der Waals surface area contributed by atoms with Gasteiger partial charge in [0.1, 0.15) is 0 Å². The first kappa shape index (κ1) is 14.8. The van der Waals surface area contributed by atoms with Crippen molar-refractivity contribution in [3.05, 3.63) is 34.4 Å². The number of rotatable bonds is 2. The lowest BCUT2D eigenvalue weighted by Gasteiger charge is -2.18. The van der Waals surface area contributed by atoms with E-state index in [-0.39, 0.29) is 0 Å². The fourth-order valence-electron chi connectivity index (χ4n) is 2.10. The molecule has 4 nitrogen and oxygen atoms in total. The van der Waals surface area contributed by atoms with Crippen molar-refractivity contribution in [3.63, 3.8) is 0 Å². The summed E-state index contributed by atoms with van der Waals surface area (Å²) in [6.45, 7) is 1.65. The highest BCUT2D eigenvalue weighted by Crippen LogP contribution is 2.39. The second kappa shape index (κ2) is 6.30. The van der Waals surface area contributed by atoms with Crippen LogP contribution >= 0.6 is 35.0 Å². The maximum absolute atomic E-state index is 6.48. The molecule has 0 aromatic heterocycles. The third-order valence-electron chi connectivity index (χ3n) is 3.19. The average Bonchev–Trinajstić information content (AvgIpc) is 3.01. The number of thioether (sulfide) groups is 1. The molecule has 1 N–H and O–H groups in total. The molecule has 0 spiro atoms. The molecule has 21 heavy (non-hydrogen) atoms. The Kier molecular flexibility index (Phi) is 4.42. The molecular weight excluding hydrogens is 327 g/mol. The van der Waals surface area contributed by atoms with Gasteiger partial charge in [0, 0.05) is 40.4 Å². The van der Waals surface area contributed by atoms with Gasteiger partial charge < -0.3 is 5.32 Å². The summed E-state index contributed by atoms with van der Waals surface area (Å²) in [6.07, 6.45) is 1.79. The minimum Gasteiger partial charge on any atom is -0.353 e. The Labute approximate surface area is 137 Å². The Morgan fingerprint density at radius 2 is 2.29 bits per heavy atom. The van der Waals surface area contributed by atoms with E-state index in [2.05, 4.69) is 15.4 Å². The van der Waals surface area contributed by atoms with Crippen LogP contribution < -0.4 is 5.32 Å². The van der Waals surface area contributed by atoms with Gasteiger partial charge in [0.25, 0.3) is 0 Å². The van der Waals surface area contributed by atoms with E-state index < -0.39 is 0 Å². The first-order valence-electron chi connectivity index (χ1n) is 6.52. The maximum Gasteiger partial charge on any atom is 0.214 e. The van der Waals surface area contributed by atoms with Crippen LogP contribution in [0.15, 0.2) is 38.8 Å². The van der Waals surface area contributed by atoms with E-state index in [0.29, 0.717) is 10.1 Å². The Morgan fingerprint density at radius 3 is 3.05 bits per heavy atom. The van der Waals surface area contributed by atoms with E-state index >= 15 is 0 Å². The molecule has 0 unspecified atom stereocenters. The zero-order valence-corrected chi connectivity index (χ0v) is 13.8. The lowest BCUT2D eigenvalue weighted by Crippen LogP contribution is -2.32. The quantitative estimate of drug-likeness (QED) is 0.663. The van der Waals surface area contributed by atoms with Crippen LogP contribution in [0.5, 0.6) is 0 Å². The zero-order chi connectivity index (χ0) is 14.8. The van der Waals surface area contributed by atoms with Crippen LogP contribution in [0.4, 0.5) is 0 Å². The van der Waals surface area contributed by atoms with Crippen molar-refractivity contribution in [1.82, 2.24) is 10.3 Å². The van der Waals surface area contributed by atoms with Crippen LogP contribution in [0.1, 0.15) is 5.56 Å². The van der Waals surface area contributed by atoms with E-state index in [1.165, 1.54) is 0 Å². The number of guanidine groups is 1. The van der Waals surface area contributed by atoms with Gasteiger partial charge in [-0.2, -0.15) is 5.10 Å². The Hall–Kier alpha value is -1.17. The van der Waals surface area contributed by atoms with E-state index in [1.54, 1.807) is 23.0 Å². The molecule has 0 saturated carbocycles. The largest absolute Gasteiger partial charge is 0.353 e. The molecule has 0 atom stereocenters. The number of aliphatic imine (C=N–C) groups is 1. The van der Waals surface area contributed by atoms with Gasteiger partial charge in [0.2, 0.25) is 5.96 Å². The van der Waals surface area contributed by atoms with Crippen LogP contribution in [0, 0.1) is 0 Å². The monoisotopic (exact) mass is 340 g/mol. The topological polar surface area (TPSA) is 40.0 Å². The summed E-state index contributed by atoms with van der Waals surface area (Å²) in [7, 11) is 1.86. The predicted octanol–water partition coefficient (Wildman–Crippen LogP) is 3.27. The highest BCUT2D eigenvalue weighted by Gasteiger charge is 2.18. The summed E-state index contributed by atoms with van der Waals surface area (Å²) in [4.78, 5) is 5.46. The third kappa shape index (κ3) is 3.20. The zero-order valence-electron chi connectivity index (χ0n) is 11.4. The molecule has 0 amide bonds. The third-order valence-corrected chi connectivity index (χ3v) is 5.00. The number of hydrazone groups is 1. The number of halogens is 2. The van der Waals surface area contributed by atoms with E-state index in [9.17, 15) is 0 Å². The molecule has 1 aromatic carbocycles. The standard InChI is InChI=1S/C14H14Cl2N4S/c1-20(14-17-4-5-18-14)19-7-9-8-21-12-3-2-10(15)6-11(12)13(9)16/h2-3,6-7H,4-5,8H2,1H3,(H,17,18)/b19-7-. The van der Waals surface area contributed by atoms with Gasteiger partial charge in [-0.05, 0) is 18.2 Å². The first-order valence-corrected chi connectivity index (χ1v) is 8.26. The van der Waals surface area contributed by atoms with Crippen LogP contribution in [0.2, 0.25) is 5.02 Å². The number of hydrogen-bond acceptors (Lipinski definition) is 5. The summed E-state index contributed by atoms with van der Waals surface area (Å²) in [5.41, 5.74) is 1.96. The summed E-state index contributed by atoms with van der Waals surface area (Å²) in [5, 5.41) is 10.7. The molecule has 1 aromatic rings. The van der Waals surface area contributed by atoms with Crippen molar-refractivity contribution in [2.75, 3.05) is 25.9 Å². The van der Waals surface area contributed by atoms with Crippen molar-refractivity contribution in [3.8, 4) is 0 Å². The van der Waals surface area contributed by atoms with Crippen LogP contribution in [0.3, 0.4) is 0 Å². The molecule has 0 radical (unpaired) electrons. The van der Waals surface area contributed by atoms with Gasteiger partial charge in [0.15, 0.2) is 0 Å². The van der Waals surface area contributed by atoms with Gasteiger partial charge in [0.05, 0.1) is 17.8 Å². The van der Waals surface area contributed by atoms with Gasteiger partial charge >= 0.3 is 0 Å². The van der Waals surface area contributed by atoms with E-state index in [0.717, 1.165) is 40.8 Å². The lowest BCUT2D eigenvalue weighted by atomic mass is 10.1. The van der Waals surface area contributed by atoms with E-state index in [1.807, 2.05) is 25.2 Å². The first-order chi connectivity index (χ1) is 10.1. The van der Waals surface area contributed by atoms with Crippen LogP contribution in [-0.4, -0.2) is 43.1 Å². The lowest BCUT2D eigenvalue weighted by molar-refractivity contribution is 0.530. The fraction of sp³-hybridized carbons (Fsp3) is 0.286. The number of benzene rings is 1. The van der Waals surface area contributed by atoms with Crippen LogP contribution in [0.25, 0.3) is 5.03 Å². The summed E-state index contributed by atoms with van der Waals surface area (Å²) in [6, 6.07) is 5.78. The van der Waals surface area contributed by atoms with Gasteiger partial charge in [-0.25, -0.2) is 10.0 Å². The molecule has 0 saturated heterocycles. The Morgan fingerprint density at radius 1 is 1.43 bits per heavy atom. The van der Waals surface area contributed by atoms with E-state index in [4.69, 9.17) is 23.2 Å². The normalized spacial score (nSPS) is 17.8. The molecule has 3 rings (SSSR count). The molecule has 0 fully saturated rings. The Balaban J connectivity index is 1.83. The second-order valence-electron chi connectivity index (χ2n) is 4.67. The smallest absolute Gasteiger partial charge is 0.214 e. The summed E-state index contributed by atoms with van der Waals surface area (Å²) >= 11 is 14.3. The molecule has 0 bridgehead atoms. The SMILES string of the molecule is CN(/N=C\C1=C(Cl)c2cc(Cl)ccc2SC1)C1=NCCN1. The number of fused-ring (bicyclic) bond motifs is 1. The molecule has 110 valence electrons. The predicted molar refractivity (Wildman–Crippen MR) is 91.5 cm³/mol. The van der Waals surface area contributed by atoms with Crippen molar-refractivity contribution in [2.24, 2.45) is 10.1 Å². The molecule has 2 heterocycles. The number of nitrogens with one attached hydrogen (secondary N) is 1. The average molecular weight is 341 g/mol. The molecule has 2 aliphatic rings. The Bertz CT molecular complexity index is 654. The maximum atomic E-state index is 6.48. The summed E-state index contributed by atoms with van der Waals surface area (Å²) < 4.78 is 0. The number of nitrogens with zero attached hydrogens (tertiary/aromatic N) is 3. The minimum absolute atomic E-state index is 0.687. The molecule has 0 aliphatic carbocycles. The molecular formula is C14H14Cl2N4S. The molecule has 7 heteroatoms. The van der Waals surface area contributed by atoms with Gasteiger partial charge in [-0.15, -0.1) is 11.8 Å².